The highest BCUT2D eigenvalue weighted by Gasteiger charge is 2.34. The van der Waals surface area contributed by atoms with E-state index < -0.39 is 6.04 Å². The van der Waals surface area contributed by atoms with Crippen LogP contribution in [0.2, 0.25) is 5.02 Å². The molecule has 0 spiro atoms. The quantitative estimate of drug-likeness (QED) is 0.161. The minimum Gasteiger partial charge on any atom is -0.489 e. The van der Waals surface area contributed by atoms with Gasteiger partial charge in [-0.3, -0.25) is 4.79 Å². The summed E-state index contributed by atoms with van der Waals surface area (Å²) in [5.41, 5.74) is 5.11. The molecule has 44 heavy (non-hydrogen) atoms. The first-order chi connectivity index (χ1) is 21.4. The monoisotopic (exact) mass is 625 g/mol. The van der Waals surface area contributed by atoms with Gasteiger partial charge < -0.3 is 15.4 Å². The zero-order valence-corrected chi connectivity index (χ0v) is 25.6. The average Bonchev–Trinajstić information content (AvgIpc) is 3.43. The van der Waals surface area contributed by atoms with Crippen molar-refractivity contribution in [2.24, 2.45) is 0 Å². The number of benzene rings is 4. The molecule has 1 aliphatic heterocycles. The molecule has 10 heteroatoms. The van der Waals surface area contributed by atoms with Crippen molar-refractivity contribution in [1.82, 2.24) is 14.8 Å². The number of hydrogen-bond acceptors (Lipinski definition) is 6. The number of ether oxygens (including phenoxy) is 1. The third-order valence-corrected chi connectivity index (χ3v) is 8.59. The first kappa shape index (κ1) is 29.5. The summed E-state index contributed by atoms with van der Waals surface area (Å²) < 4.78 is 22.0. The summed E-state index contributed by atoms with van der Waals surface area (Å²) in [5.74, 6) is 0.995. The first-order valence-electron chi connectivity index (χ1n) is 14.0. The zero-order chi connectivity index (χ0) is 30.6. The predicted octanol–water partition coefficient (Wildman–Crippen LogP) is 8.18. The van der Waals surface area contributed by atoms with E-state index in [0.29, 0.717) is 51.1 Å². The summed E-state index contributed by atoms with van der Waals surface area (Å²) in [7, 11) is 0. The third-order valence-electron chi connectivity index (χ3n) is 7.33. The van der Waals surface area contributed by atoms with E-state index in [-0.39, 0.29) is 11.7 Å². The third kappa shape index (κ3) is 6.34. The van der Waals surface area contributed by atoms with E-state index in [1.165, 1.54) is 17.8 Å². The molecule has 7 nitrogen and oxygen atoms in total. The van der Waals surface area contributed by atoms with Crippen LogP contribution in [0.5, 0.6) is 5.75 Å². The summed E-state index contributed by atoms with van der Waals surface area (Å²) in [6.07, 6.45) is 0. The van der Waals surface area contributed by atoms with Gasteiger partial charge in [0.2, 0.25) is 11.1 Å². The van der Waals surface area contributed by atoms with E-state index in [4.69, 9.17) is 21.4 Å². The highest BCUT2D eigenvalue weighted by Crippen LogP contribution is 2.38. The van der Waals surface area contributed by atoms with Crippen molar-refractivity contribution in [1.29, 1.82) is 0 Å². The predicted molar refractivity (Wildman–Crippen MR) is 172 cm³/mol. The smallest absolute Gasteiger partial charge is 0.255 e. The largest absolute Gasteiger partial charge is 0.489 e. The van der Waals surface area contributed by atoms with Gasteiger partial charge >= 0.3 is 0 Å². The number of rotatable bonds is 9. The van der Waals surface area contributed by atoms with E-state index in [2.05, 4.69) is 15.6 Å². The maximum atomic E-state index is 14.3. The maximum absolute atomic E-state index is 14.3. The van der Waals surface area contributed by atoms with Crippen LogP contribution in [0.15, 0.2) is 113 Å². The molecule has 6 rings (SSSR count). The number of amides is 1. The molecule has 222 valence electrons. The number of thioether (sulfide) groups is 1. The molecule has 1 atom stereocenters. The Morgan fingerprint density at radius 2 is 1.68 bits per heavy atom. The van der Waals surface area contributed by atoms with Gasteiger partial charge in [-0.2, -0.15) is 4.98 Å². The fraction of sp³-hybridized carbons (Fsp3) is 0.147. The molecule has 2 N–H and O–H groups in total. The van der Waals surface area contributed by atoms with Gasteiger partial charge in [0, 0.05) is 27.7 Å². The summed E-state index contributed by atoms with van der Waals surface area (Å²) in [6.45, 7) is 4.12. The minimum atomic E-state index is -0.580. The fourth-order valence-electron chi connectivity index (χ4n) is 4.98. The Labute approximate surface area is 264 Å². The SMILES string of the molecule is CC1=C(C(=O)Nc2ccccc2C)C(c2ccc(OCc3ccccc3Cl)cc2)n2nc(SCc3ccccc3F)nc2N1. The molecule has 0 radical (unpaired) electrons. The molecule has 0 aliphatic carbocycles. The molecule has 5 aromatic rings. The highest BCUT2D eigenvalue weighted by molar-refractivity contribution is 7.98. The Kier molecular flexibility index (Phi) is 8.67. The molecular formula is C34H29ClFN5O2S. The first-order valence-corrected chi connectivity index (χ1v) is 15.4. The lowest BCUT2D eigenvalue weighted by Gasteiger charge is -2.29. The van der Waals surface area contributed by atoms with E-state index in [0.717, 1.165) is 22.4 Å². The molecule has 2 heterocycles. The topological polar surface area (TPSA) is 81.1 Å². The van der Waals surface area contributed by atoms with Gasteiger partial charge in [0.25, 0.3) is 5.91 Å². The average molecular weight is 626 g/mol. The van der Waals surface area contributed by atoms with Gasteiger partial charge in [0.15, 0.2) is 0 Å². The Hall–Kier alpha value is -4.60. The Morgan fingerprint density at radius 3 is 2.43 bits per heavy atom. The number of carbonyl (C=O) groups excluding carboxylic acids is 1. The number of halogens is 2. The number of para-hydroxylation sites is 1. The fourth-order valence-corrected chi connectivity index (χ4v) is 5.98. The van der Waals surface area contributed by atoms with Crippen LogP contribution in [0.25, 0.3) is 0 Å². The summed E-state index contributed by atoms with van der Waals surface area (Å²) >= 11 is 7.62. The van der Waals surface area contributed by atoms with Gasteiger partial charge in [-0.25, -0.2) is 9.07 Å². The van der Waals surface area contributed by atoms with E-state index in [1.807, 2.05) is 86.6 Å². The van der Waals surface area contributed by atoms with Crippen molar-refractivity contribution in [3.63, 3.8) is 0 Å². The Morgan fingerprint density at radius 1 is 0.977 bits per heavy atom. The van der Waals surface area contributed by atoms with Crippen LogP contribution < -0.4 is 15.4 Å². The van der Waals surface area contributed by atoms with E-state index in [1.54, 1.807) is 22.9 Å². The molecule has 1 aliphatic rings. The lowest BCUT2D eigenvalue weighted by atomic mass is 9.95. The van der Waals surface area contributed by atoms with Crippen molar-refractivity contribution < 1.29 is 13.9 Å². The number of nitrogens with zero attached hydrogens (tertiary/aromatic N) is 3. The second-order valence-electron chi connectivity index (χ2n) is 10.3. The van der Waals surface area contributed by atoms with Crippen molar-refractivity contribution >= 4 is 40.9 Å². The van der Waals surface area contributed by atoms with Crippen LogP contribution >= 0.6 is 23.4 Å². The lowest BCUT2D eigenvalue weighted by Crippen LogP contribution is -2.31. The summed E-state index contributed by atoms with van der Waals surface area (Å²) in [6, 6.07) is 28.8. The van der Waals surface area contributed by atoms with Crippen LogP contribution in [-0.2, 0) is 17.2 Å². The number of carbonyl (C=O) groups is 1. The molecule has 1 aromatic heterocycles. The second kappa shape index (κ2) is 13.0. The van der Waals surface area contributed by atoms with Crippen molar-refractivity contribution in [2.75, 3.05) is 10.6 Å². The van der Waals surface area contributed by atoms with Crippen molar-refractivity contribution in [3.8, 4) is 5.75 Å². The number of aryl methyl sites for hydroxylation is 1. The van der Waals surface area contributed by atoms with E-state index >= 15 is 0 Å². The normalized spacial score (nSPS) is 14.1. The van der Waals surface area contributed by atoms with Gasteiger partial charge in [0.05, 0.1) is 5.57 Å². The molecule has 4 aromatic carbocycles. The molecule has 0 bridgehead atoms. The van der Waals surface area contributed by atoms with Gasteiger partial charge in [-0.15, -0.1) is 5.10 Å². The Balaban J connectivity index is 1.31. The van der Waals surface area contributed by atoms with Crippen LogP contribution in [-0.4, -0.2) is 20.7 Å². The molecule has 1 unspecified atom stereocenters. The van der Waals surface area contributed by atoms with Crippen LogP contribution in [0.3, 0.4) is 0 Å². The molecule has 0 saturated carbocycles. The standard InChI is InChI=1S/C34H29ClFN5O2S/c1-21-9-3-8-14-29(21)38-32(42)30-22(2)37-33-39-34(44-20-25-11-5-7-13-28(25)36)40-41(33)31(30)23-15-17-26(18-16-23)43-19-24-10-4-6-12-27(24)35/h3-18,31H,19-20H2,1-2H3,(H,38,42)(H,37,39,40). The van der Waals surface area contributed by atoms with E-state index in [9.17, 15) is 9.18 Å². The van der Waals surface area contributed by atoms with Crippen LogP contribution in [0, 0.1) is 12.7 Å². The molecule has 1 amide bonds. The van der Waals surface area contributed by atoms with Crippen molar-refractivity contribution in [3.05, 3.63) is 141 Å². The molecule has 0 saturated heterocycles. The maximum Gasteiger partial charge on any atom is 0.255 e. The lowest BCUT2D eigenvalue weighted by molar-refractivity contribution is -0.113. The number of aromatic nitrogens is 3. The van der Waals surface area contributed by atoms with Gasteiger partial charge in [-0.1, -0.05) is 90.1 Å². The number of nitrogens with one attached hydrogen (secondary N) is 2. The zero-order valence-electron chi connectivity index (χ0n) is 24.1. The summed E-state index contributed by atoms with van der Waals surface area (Å²) in [5, 5.41) is 12.2. The van der Waals surface area contributed by atoms with Gasteiger partial charge in [0.1, 0.15) is 24.2 Å². The number of fused-ring (bicyclic) bond motifs is 1. The minimum absolute atomic E-state index is 0.255. The van der Waals surface area contributed by atoms with Gasteiger partial charge in [-0.05, 0) is 60.9 Å². The van der Waals surface area contributed by atoms with Crippen LogP contribution in [0.1, 0.15) is 35.2 Å². The molecule has 0 fully saturated rings. The molecular weight excluding hydrogens is 597 g/mol. The Bertz CT molecular complexity index is 1860. The second-order valence-corrected chi connectivity index (χ2v) is 11.7. The van der Waals surface area contributed by atoms with Crippen LogP contribution in [0.4, 0.5) is 16.0 Å². The number of anilines is 2. The summed E-state index contributed by atoms with van der Waals surface area (Å²) in [4.78, 5) is 18.6. The van der Waals surface area contributed by atoms with Crippen molar-refractivity contribution in [2.45, 2.75) is 37.4 Å². The number of allylic oxidation sites excluding steroid dienone is 1. The highest BCUT2D eigenvalue weighted by atomic mass is 35.5. The number of hydrogen-bond donors (Lipinski definition) is 2.